The zero-order valence-corrected chi connectivity index (χ0v) is 15.8. The normalized spacial score (nSPS) is 18.8. The fourth-order valence-electron chi connectivity index (χ4n) is 3.26. The smallest absolute Gasteiger partial charge is 0.257 e. The van der Waals surface area contributed by atoms with Crippen molar-refractivity contribution in [3.05, 3.63) is 47.8 Å². The molecule has 1 aliphatic heterocycles. The molecule has 0 radical (unpaired) electrons. The number of hydrogen-bond donors (Lipinski definition) is 0. The number of carbonyl (C=O) groups excluding carboxylic acids is 1. The van der Waals surface area contributed by atoms with Gasteiger partial charge in [-0.25, -0.2) is 13.1 Å². The van der Waals surface area contributed by atoms with Crippen molar-refractivity contribution in [2.75, 3.05) is 31.8 Å². The number of carbonyl (C=O) groups is 1. The van der Waals surface area contributed by atoms with Crippen LogP contribution in [0, 0.1) is 6.92 Å². The Morgan fingerprint density at radius 1 is 1.35 bits per heavy atom. The minimum absolute atomic E-state index is 0.00826. The maximum atomic E-state index is 13.1. The fourth-order valence-corrected chi connectivity index (χ4v) is 5.00. The van der Waals surface area contributed by atoms with Gasteiger partial charge in [-0.05, 0) is 25.5 Å². The van der Waals surface area contributed by atoms with Crippen LogP contribution < -0.4 is 0 Å². The molecule has 140 valence electrons. The molecule has 1 unspecified atom stereocenters. The van der Waals surface area contributed by atoms with Crippen LogP contribution in [-0.2, 0) is 14.6 Å². The molecule has 0 spiro atoms. The van der Waals surface area contributed by atoms with Crippen molar-refractivity contribution in [3.63, 3.8) is 0 Å². The van der Waals surface area contributed by atoms with E-state index >= 15 is 0 Å². The first-order chi connectivity index (χ1) is 12.4. The Labute approximate surface area is 153 Å². The first-order valence-electron chi connectivity index (χ1n) is 8.53. The zero-order chi connectivity index (χ0) is 18.7. The Hall–Kier alpha value is -2.19. The number of sulfone groups is 1. The molecule has 0 N–H and O–H groups in total. The van der Waals surface area contributed by atoms with E-state index in [0.29, 0.717) is 25.1 Å². The lowest BCUT2D eigenvalue weighted by atomic mass is 10.1. The maximum absolute atomic E-state index is 13.1. The van der Waals surface area contributed by atoms with Gasteiger partial charge >= 0.3 is 0 Å². The lowest BCUT2D eigenvalue weighted by Crippen LogP contribution is -2.43. The second-order valence-corrected chi connectivity index (χ2v) is 8.67. The van der Waals surface area contributed by atoms with E-state index in [1.165, 1.54) is 0 Å². The second kappa shape index (κ2) is 7.59. The SMILES string of the molecule is COCCN(C(=O)c1cnn(-c2ccccc2)c1C)C1CCS(=O)(=O)C1. The molecule has 0 saturated carbocycles. The van der Waals surface area contributed by atoms with Gasteiger partial charge in [-0.15, -0.1) is 0 Å². The molecule has 1 atom stereocenters. The van der Waals surface area contributed by atoms with Crippen molar-refractivity contribution in [1.82, 2.24) is 14.7 Å². The number of ether oxygens (including phenoxy) is 1. The van der Waals surface area contributed by atoms with E-state index in [1.807, 2.05) is 37.3 Å². The number of methoxy groups -OCH3 is 1. The zero-order valence-electron chi connectivity index (χ0n) is 15.0. The van der Waals surface area contributed by atoms with Gasteiger partial charge in [0, 0.05) is 19.7 Å². The Morgan fingerprint density at radius 2 is 2.08 bits per heavy atom. The maximum Gasteiger partial charge on any atom is 0.257 e. The predicted molar refractivity (Wildman–Crippen MR) is 98.3 cm³/mol. The topological polar surface area (TPSA) is 81.5 Å². The third-order valence-corrected chi connectivity index (χ3v) is 6.44. The van der Waals surface area contributed by atoms with E-state index in [2.05, 4.69) is 5.10 Å². The number of amides is 1. The molecule has 0 aliphatic carbocycles. The summed E-state index contributed by atoms with van der Waals surface area (Å²) in [5.41, 5.74) is 2.08. The van der Waals surface area contributed by atoms with Crippen molar-refractivity contribution in [2.45, 2.75) is 19.4 Å². The summed E-state index contributed by atoms with van der Waals surface area (Å²) >= 11 is 0. The minimum atomic E-state index is -3.08. The largest absolute Gasteiger partial charge is 0.383 e. The molecular formula is C18H23N3O4S. The number of hydrogen-bond acceptors (Lipinski definition) is 5. The highest BCUT2D eigenvalue weighted by Gasteiger charge is 2.35. The van der Waals surface area contributed by atoms with Gasteiger partial charge in [-0.2, -0.15) is 5.10 Å². The highest BCUT2D eigenvalue weighted by molar-refractivity contribution is 7.91. The van der Waals surface area contributed by atoms with Crippen LogP contribution in [0.2, 0.25) is 0 Å². The van der Waals surface area contributed by atoms with Crippen LogP contribution in [0.3, 0.4) is 0 Å². The van der Waals surface area contributed by atoms with Crippen molar-refractivity contribution in [3.8, 4) is 5.69 Å². The summed E-state index contributed by atoms with van der Waals surface area (Å²) in [5.74, 6) is -0.0748. The highest BCUT2D eigenvalue weighted by atomic mass is 32.2. The lowest BCUT2D eigenvalue weighted by Gasteiger charge is -2.28. The van der Waals surface area contributed by atoms with Crippen molar-refractivity contribution >= 4 is 15.7 Å². The highest BCUT2D eigenvalue weighted by Crippen LogP contribution is 2.22. The molecule has 26 heavy (non-hydrogen) atoms. The number of aromatic nitrogens is 2. The number of nitrogens with zero attached hydrogens (tertiary/aromatic N) is 3. The van der Waals surface area contributed by atoms with Crippen molar-refractivity contribution in [2.24, 2.45) is 0 Å². The molecule has 1 amide bonds. The standard InChI is InChI=1S/C18H23N3O4S/c1-14-17(12-19-21(14)15-6-4-3-5-7-15)18(22)20(9-10-25-2)16-8-11-26(23,24)13-16/h3-7,12,16H,8-11,13H2,1-2H3. The summed E-state index contributed by atoms with van der Waals surface area (Å²) < 4.78 is 30.5. The monoisotopic (exact) mass is 377 g/mol. The quantitative estimate of drug-likeness (QED) is 0.761. The van der Waals surface area contributed by atoms with Crippen LogP contribution in [0.4, 0.5) is 0 Å². The molecule has 2 heterocycles. The summed E-state index contributed by atoms with van der Waals surface area (Å²) in [6.07, 6.45) is 2.01. The Bertz CT molecular complexity index is 877. The molecule has 1 aromatic heterocycles. The summed E-state index contributed by atoms with van der Waals surface area (Å²) in [4.78, 5) is 14.8. The summed E-state index contributed by atoms with van der Waals surface area (Å²) in [6.45, 7) is 2.55. The molecular weight excluding hydrogens is 354 g/mol. The van der Waals surface area contributed by atoms with E-state index in [1.54, 1.807) is 22.9 Å². The first kappa shape index (κ1) is 18.6. The van der Waals surface area contributed by atoms with Crippen LogP contribution in [0.25, 0.3) is 5.69 Å². The second-order valence-electron chi connectivity index (χ2n) is 6.44. The van der Waals surface area contributed by atoms with Crippen LogP contribution in [-0.4, -0.2) is 66.8 Å². The van der Waals surface area contributed by atoms with Gasteiger partial charge < -0.3 is 9.64 Å². The van der Waals surface area contributed by atoms with Crippen LogP contribution >= 0.6 is 0 Å². The molecule has 7 nitrogen and oxygen atoms in total. The molecule has 2 aromatic rings. The summed E-state index contributed by atoms with van der Waals surface area (Å²) in [7, 11) is -1.52. The van der Waals surface area contributed by atoms with Gasteiger partial charge in [0.25, 0.3) is 5.91 Å². The lowest BCUT2D eigenvalue weighted by molar-refractivity contribution is 0.0623. The molecule has 0 bridgehead atoms. The van der Waals surface area contributed by atoms with E-state index < -0.39 is 9.84 Å². The molecule has 1 saturated heterocycles. The van der Waals surface area contributed by atoms with E-state index in [4.69, 9.17) is 4.74 Å². The number of para-hydroxylation sites is 1. The molecule has 1 fully saturated rings. The van der Waals surface area contributed by atoms with Gasteiger partial charge in [-0.1, -0.05) is 18.2 Å². The fraction of sp³-hybridized carbons (Fsp3) is 0.444. The first-order valence-corrected chi connectivity index (χ1v) is 10.4. The van der Waals surface area contributed by atoms with E-state index in [0.717, 1.165) is 11.4 Å². The third kappa shape index (κ3) is 3.81. The Morgan fingerprint density at radius 3 is 2.69 bits per heavy atom. The Kier molecular flexibility index (Phi) is 5.43. The van der Waals surface area contributed by atoms with Crippen LogP contribution in [0.15, 0.2) is 36.5 Å². The van der Waals surface area contributed by atoms with E-state index in [9.17, 15) is 13.2 Å². The van der Waals surface area contributed by atoms with Crippen LogP contribution in [0.5, 0.6) is 0 Å². The van der Waals surface area contributed by atoms with Crippen molar-refractivity contribution in [1.29, 1.82) is 0 Å². The predicted octanol–water partition coefficient (Wildman–Crippen LogP) is 1.46. The number of rotatable bonds is 6. The third-order valence-electron chi connectivity index (χ3n) is 4.69. The average Bonchev–Trinajstić information content (AvgIpc) is 3.18. The molecule has 3 rings (SSSR count). The van der Waals surface area contributed by atoms with Gasteiger partial charge in [0.2, 0.25) is 0 Å². The summed E-state index contributed by atoms with van der Waals surface area (Å²) in [5, 5.41) is 4.34. The molecule has 1 aliphatic rings. The average molecular weight is 377 g/mol. The molecule has 8 heteroatoms. The Balaban J connectivity index is 1.89. The van der Waals surface area contributed by atoms with Crippen molar-refractivity contribution < 1.29 is 17.9 Å². The van der Waals surface area contributed by atoms with Gasteiger partial charge in [0.15, 0.2) is 9.84 Å². The summed E-state index contributed by atoms with van der Waals surface area (Å²) in [6, 6.07) is 9.25. The van der Waals surface area contributed by atoms with Gasteiger partial charge in [0.05, 0.1) is 41.3 Å². The molecule has 1 aromatic carbocycles. The van der Waals surface area contributed by atoms with Gasteiger partial charge in [0.1, 0.15) is 0 Å². The van der Waals surface area contributed by atoms with Gasteiger partial charge in [-0.3, -0.25) is 4.79 Å². The van der Waals surface area contributed by atoms with Crippen LogP contribution in [0.1, 0.15) is 22.5 Å². The van der Waals surface area contributed by atoms with E-state index in [-0.39, 0.29) is 23.5 Å². The minimum Gasteiger partial charge on any atom is -0.383 e. The number of benzene rings is 1.